The van der Waals surface area contributed by atoms with E-state index in [2.05, 4.69) is 42.6 Å². The number of nitrogens with two attached hydrogens (primary N) is 1. The van der Waals surface area contributed by atoms with Gasteiger partial charge in [0.1, 0.15) is 11.9 Å². The molecule has 2 N–H and O–H groups in total. The Hall–Kier alpha value is -1.20. The van der Waals surface area contributed by atoms with Crippen LogP contribution in [0, 0.1) is 0 Å². The summed E-state index contributed by atoms with van der Waals surface area (Å²) in [4.78, 5) is 11.5. The molecule has 112 valence electrons. The zero-order chi connectivity index (χ0) is 14.8. The van der Waals surface area contributed by atoms with E-state index < -0.39 is 0 Å². The summed E-state index contributed by atoms with van der Waals surface area (Å²) in [5.41, 5.74) is 6.87. The Kier molecular flexibility index (Phi) is 4.60. The second kappa shape index (κ2) is 6.06. The zero-order valence-electron chi connectivity index (χ0n) is 13.0. The molecular weight excluding hydrogens is 252 g/mol. The molecule has 0 amide bonds. The van der Waals surface area contributed by atoms with Crippen molar-refractivity contribution in [3.05, 3.63) is 17.6 Å². The summed E-state index contributed by atoms with van der Waals surface area (Å²) in [5, 5.41) is 0. The largest absolute Gasteiger partial charge is 0.384 e. The first kappa shape index (κ1) is 15.2. The highest BCUT2D eigenvalue weighted by Gasteiger charge is 2.26. The van der Waals surface area contributed by atoms with Gasteiger partial charge in [-0.2, -0.15) is 0 Å². The molecule has 0 bridgehead atoms. The number of nitrogens with zero attached hydrogens (tertiary/aromatic N) is 3. The minimum atomic E-state index is -0.0695. The van der Waals surface area contributed by atoms with E-state index in [1.54, 1.807) is 0 Å². The number of hydrogen-bond acceptors (Lipinski definition) is 5. The molecule has 1 aromatic rings. The molecule has 0 aromatic carbocycles. The van der Waals surface area contributed by atoms with E-state index in [-0.39, 0.29) is 11.5 Å². The van der Waals surface area contributed by atoms with Gasteiger partial charge in [0.15, 0.2) is 5.82 Å². The summed E-state index contributed by atoms with van der Waals surface area (Å²) in [7, 11) is 0. The van der Waals surface area contributed by atoms with Crippen molar-refractivity contribution in [1.29, 1.82) is 0 Å². The number of nitrogen functional groups attached to an aromatic ring is 1. The Bertz CT molecular complexity index is 454. The van der Waals surface area contributed by atoms with E-state index in [1.165, 1.54) is 0 Å². The second-order valence-corrected chi connectivity index (χ2v) is 6.45. The molecule has 0 aliphatic carbocycles. The first-order valence-electron chi connectivity index (χ1n) is 7.39. The van der Waals surface area contributed by atoms with Gasteiger partial charge in [-0.3, -0.25) is 4.90 Å². The van der Waals surface area contributed by atoms with Crippen molar-refractivity contribution < 1.29 is 4.74 Å². The molecule has 2 heterocycles. The molecule has 0 radical (unpaired) electrons. The molecule has 1 aromatic heterocycles. The van der Waals surface area contributed by atoms with Crippen LogP contribution in [0.4, 0.5) is 5.82 Å². The fourth-order valence-electron chi connectivity index (χ4n) is 2.39. The van der Waals surface area contributed by atoms with E-state index in [0.717, 1.165) is 44.2 Å². The third-order valence-corrected chi connectivity index (χ3v) is 3.51. The molecule has 1 fully saturated rings. The van der Waals surface area contributed by atoms with Crippen molar-refractivity contribution in [2.24, 2.45) is 0 Å². The van der Waals surface area contributed by atoms with Crippen LogP contribution in [0.5, 0.6) is 0 Å². The average Bonchev–Trinajstić information content (AvgIpc) is 2.38. The van der Waals surface area contributed by atoms with Gasteiger partial charge in [0.05, 0.1) is 12.3 Å². The lowest BCUT2D eigenvalue weighted by Gasteiger charge is -2.32. The highest BCUT2D eigenvalue weighted by Crippen LogP contribution is 2.25. The number of anilines is 1. The van der Waals surface area contributed by atoms with Gasteiger partial charge < -0.3 is 10.5 Å². The van der Waals surface area contributed by atoms with Gasteiger partial charge in [-0.25, -0.2) is 9.97 Å². The van der Waals surface area contributed by atoms with E-state index in [0.29, 0.717) is 5.82 Å². The van der Waals surface area contributed by atoms with Crippen LogP contribution in [0.15, 0.2) is 6.07 Å². The standard InChI is InChI=1S/C15H26N4O/c1-5-6-19-7-8-20-11(10-19)14-17-12(15(2,3)4)9-13(16)18-14/h9,11H,5-8,10H2,1-4H3,(H2,16,17,18). The number of ether oxygens (including phenoxy) is 1. The van der Waals surface area contributed by atoms with E-state index in [4.69, 9.17) is 10.5 Å². The molecule has 1 atom stereocenters. The van der Waals surface area contributed by atoms with Gasteiger partial charge in [-0.05, 0) is 13.0 Å². The van der Waals surface area contributed by atoms with Crippen LogP contribution >= 0.6 is 0 Å². The van der Waals surface area contributed by atoms with Crippen molar-refractivity contribution in [1.82, 2.24) is 14.9 Å². The van der Waals surface area contributed by atoms with Crippen LogP contribution in [-0.4, -0.2) is 41.1 Å². The molecule has 2 rings (SSSR count). The first-order chi connectivity index (χ1) is 9.40. The van der Waals surface area contributed by atoms with Crippen molar-refractivity contribution in [3.8, 4) is 0 Å². The van der Waals surface area contributed by atoms with Gasteiger partial charge in [-0.15, -0.1) is 0 Å². The van der Waals surface area contributed by atoms with Crippen molar-refractivity contribution in [2.45, 2.75) is 45.6 Å². The lowest BCUT2D eigenvalue weighted by molar-refractivity contribution is -0.0343. The predicted molar refractivity (Wildman–Crippen MR) is 80.6 cm³/mol. The second-order valence-electron chi connectivity index (χ2n) is 6.45. The summed E-state index contributed by atoms with van der Waals surface area (Å²) in [6, 6.07) is 1.86. The van der Waals surface area contributed by atoms with Gasteiger partial charge >= 0.3 is 0 Å². The van der Waals surface area contributed by atoms with Crippen LogP contribution in [0.25, 0.3) is 0 Å². The average molecular weight is 278 g/mol. The normalized spacial score (nSPS) is 21.1. The highest BCUT2D eigenvalue weighted by molar-refractivity contribution is 5.33. The molecular formula is C15H26N4O. The molecule has 1 unspecified atom stereocenters. The maximum absolute atomic E-state index is 5.94. The summed E-state index contributed by atoms with van der Waals surface area (Å²) >= 11 is 0. The highest BCUT2D eigenvalue weighted by atomic mass is 16.5. The molecule has 1 aliphatic heterocycles. The van der Waals surface area contributed by atoms with E-state index >= 15 is 0 Å². The van der Waals surface area contributed by atoms with E-state index in [9.17, 15) is 0 Å². The number of aromatic nitrogens is 2. The van der Waals surface area contributed by atoms with Gasteiger partial charge in [-0.1, -0.05) is 27.7 Å². The van der Waals surface area contributed by atoms with Crippen LogP contribution in [0.2, 0.25) is 0 Å². The predicted octanol–water partition coefficient (Wildman–Crippen LogP) is 2.14. The maximum atomic E-state index is 5.94. The number of hydrogen-bond donors (Lipinski definition) is 1. The smallest absolute Gasteiger partial charge is 0.161 e. The Morgan fingerprint density at radius 1 is 1.40 bits per heavy atom. The molecule has 0 spiro atoms. The maximum Gasteiger partial charge on any atom is 0.161 e. The summed E-state index contributed by atoms with van der Waals surface area (Å²) in [5.74, 6) is 1.24. The van der Waals surface area contributed by atoms with Crippen LogP contribution in [-0.2, 0) is 10.2 Å². The third kappa shape index (κ3) is 3.67. The molecule has 1 saturated heterocycles. The number of morpholine rings is 1. The fraction of sp³-hybridized carbons (Fsp3) is 0.733. The Labute approximate surface area is 121 Å². The van der Waals surface area contributed by atoms with Crippen LogP contribution < -0.4 is 5.73 Å². The minimum absolute atomic E-state index is 0.0381. The molecule has 0 saturated carbocycles. The van der Waals surface area contributed by atoms with Crippen LogP contribution in [0.3, 0.4) is 0 Å². The van der Waals surface area contributed by atoms with Crippen LogP contribution in [0.1, 0.15) is 51.7 Å². The summed E-state index contributed by atoms with van der Waals surface area (Å²) in [6.07, 6.45) is 1.08. The van der Waals surface area contributed by atoms with Crippen molar-refractivity contribution in [3.63, 3.8) is 0 Å². The third-order valence-electron chi connectivity index (χ3n) is 3.51. The molecule has 5 nitrogen and oxygen atoms in total. The number of rotatable bonds is 3. The Balaban J connectivity index is 2.21. The van der Waals surface area contributed by atoms with Gasteiger partial charge in [0.2, 0.25) is 0 Å². The first-order valence-corrected chi connectivity index (χ1v) is 7.39. The van der Waals surface area contributed by atoms with Crippen molar-refractivity contribution >= 4 is 5.82 Å². The topological polar surface area (TPSA) is 64.3 Å². The van der Waals surface area contributed by atoms with Gasteiger partial charge in [0, 0.05) is 24.6 Å². The fourth-order valence-corrected chi connectivity index (χ4v) is 2.39. The Morgan fingerprint density at radius 2 is 2.15 bits per heavy atom. The quantitative estimate of drug-likeness (QED) is 0.917. The van der Waals surface area contributed by atoms with E-state index in [1.807, 2.05) is 6.07 Å². The lowest BCUT2D eigenvalue weighted by Crippen LogP contribution is -2.39. The zero-order valence-corrected chi connectivity index (χ0v) is 13.0. The summed E-state index contributed by atoms with van der Waals surface area (Å²) in [6.45, 7) is 12.2. The van der Waals surface area contributed by atoms with Gasteiger partial charge in [0.25, 0.3) is 0 Å². The molecule has 5 heteroatoms. The molecule has 1 aliphatic rings. The SMILES string of the molecule is CCCN1CCOC(c2nc(N)cc(C(C)(C)C)n2)C1. The molecule has 20 heavy (non-hydrogen) atoms. The summed E-state index contributed by atoms with van der Waals surface area (Å²) < 4.78 is 5.84. The Morgan fingerprint density at radius 3 is 2.80 bits per heavy atom. The van der Waals surface area contributed by atoms with Crippen molar-refractivity contribution in [2.75, 3.05) is 32.0 Å². The lowest BCUT2D eigenvalue weighted by atomic mass is 9.92. The monoisotopic (exact) mass is 278 g/mol. The minimum Gasteiger partial charge on any atom is -0.384 e.